The highest BCUT2D eigenvalue weighted by Gasteiger charge is 2.53. The molecule has 2 fully saturated rings. The van der Waals surface area contributed by atoms with Gasteiger partial charge in [0, 0.05) is 38.8 Å². The van der Waals surface area contributed by atoms with E-state index in [1.54, 1.807) is 11.8 Å². The number of alkyl halides is 6. The van der Waals surface area contributed by atoms with Gasteiger partial charge in [-0.15, -0.1) is 0 Å². The molecule has 5 rings (SSSR count). The highest BCUT2D eigenvalue weighted by molar-refractivity contribution is 5.87. The number of imidazole rings is 1. The smallest absolute Gasteiger partial charge is 0.381 e. The number of hydrogen-bond acceptors (Lipinski definition) is 4. The number of hydrogen-bond donors (Lipinski definition) is 2. The molecule has 2 aromatic rings. The molecule has 1 saturated heterocycles. The van der Waals surface area contributed by atoms with Crippen molar-refractivity contribution < 1.29 is 40.7 Å². The van der Waals surface area contributed by atoms with Crippen LogP contribution >= 0.6 is 0 Å². The van der Waals surface area contributed by atoms with Gasteiger partial charge in [0.1, 0.15) is 0 Å². The molecule has 1 saturated carbocycles. The molecule has 216 valence electrons. The van der Waals surface area contributed by atoms with E-state index >= 15 is 0 Å². The molecule has 2 N–H and O–H groups in total. The minimum Gasteiger partial charge on any atom is -0.381 e. The third-order valence-electron chi connectivity index (χ3n) is 7.98. The molecule has 0 radical (unpaired) electrons. The molecule has 1 aromatic carbocycles. The molecule has 3 atom stereocenters. The Morgan fingerprint density at radius 2 is 1.72 bits per heavy atom. The zero-order valence-corrected chi connectivity index (χ0v) is 21.4. The number of ether oxygens (including phenoxy) is 1. The Morgan fingerprint density at radius 3 is 2.31 bits per heavy atom. The summed E-state index contributed by atoms with van der Waals surface area (Å²) in [5.41, 5.74) is -1.67. The first-order chi connectivity index (χ1) is 18.2. The Morgan fingerprint density at radius 1 is 1.08 bits per heavy atom. The van der Waals surface area contributed by atoms with E-state index in [0.29, 0.717) is 38.0 Å². The van der Waals surface area contributed by atoms with Crippen molar-refractivity contribution in [2.75, 3.05) is 13.2 Å². The highest BCUT2D eigenvalue weighted by Crippen LogP contribution is 2.50. The van der Waals surface area contributed by atoms with Crippen LogP contribution in [0.2, 0.25) is 0 Å². The van der Waals surface area contributed by atoms with Crippen LogP contribution in [0, 0.1) is 5.41 Å². The minimum absolute atomic E-state index is 0.0431. The second kappa shape index (κ2) is 10.5. The summed E-state index contributed by atoms with van der Waals surface area (Å²) < 4.78 is 78.1. The summed E-state index contributed by atoms with van der Waals surface area (Å²) in [7, 11) is 0. The minimum atomic E-state index is -4.58. The van der Waals surface area contributed by atoms with Crippen molar-refractivity contribution in [1.82, 2.24) is 19.8 Å². The number of benzene rings is 1. The van der Waals surface area contributed by atoms with Gasteiger partial charge in [0.25, 0.3) is 0 Å². The molecule has 3 unspecified atom stereocenters. The molecule has 39 heavy (non-hydrogen) atoms. The van der Waals surface area contributed by atoms with Gasteiger partial charge in [-0.05, 0) is 56.7 Å². The van der Waals surface area contributed by atoms with Gasteiger partial charge in [0.05, 0.1) is 28.1 Å². The number of carbonyl (C=O) groups is 2. The van der Waals surface area contributed by atoms with Crippen molar-refractivity contribution in [3.8, 4) is 0 Å². The molecule has 1 aromatic heterocycles. The van der Waals surface area contributed by atoms with Crippen LogP contribution in [-0.2, 0) is 27.0 Å². The lowest BCUT2D eigenvalue weighted by atomic mass is 9.77. The van der Waals surface area contributed by atoms with E-state index in [-0.39, 0.29) is 42.5 Å². The molecule has 2 amide bonds. The standard InChI is InChI=1S/C23H27F3N4O4.C2H3F3/c1-13-22(5-2-17(10-22)29(12-31)16-3-6-34-7-4-16)20(32)27-11-14-8-15(23(24,25)26)9-18-19(14)30(13)21(33)28-18;1-2(3,4)5/h8-9,12-13,16-17H,2-7,10-11H2,1H3,(H,27,32)(H,28,33);1H3. The summed E-state index contributed by atoms with van der Waals surface area (Å²) in [5, 5.41) is 2.83. The van der Waals surface area contributed by atoms with E-state index in [0.717, 1.165) is 31.4 Å². The summed E-state index contributed by atoms with van der Waals surface area (Å²) in [6.45, 7) is 3.00. The van der Waals surface area contributed by atoms with Gasteiger partial charge in [-0.25, -0.2) is 4.79 Å². The molecule has 2 aliphatic heterocycles. The van der Waals surface area contributed by atoms with Gasteiger partial charge in [-0.1, -0.05) is 0 Å². The van der Waals surface area contributed by atoms with Crippen LogP contribution in [0.5, 0.6) is 0 Å². The molecule has 8 nitrogen and oxygen atoms in total. The van der Waals surface area contributed by atoms with Crippen molar-refractivity contribution in [1.29, 1.82) is 0 Å². The average molecular weight is 565 g/mol. The summed E-state index contributed by atoms with van der Waals surface area (Å²) >= 11 is 0. The monoisotopic (exact) mass is 564 g/mol. The van der Waals surface area contributed by atoms with Crippen LogP contribution in [0.4, 0.5) is 26.3 Å². The third kappa shape index (κ3) is 5.80. The second-order valence-electron chi connectivity index (χ2n) is 10.4. The summed E-state index contributed by atoms with van der Waals surface area (Å²) in [5.74, 6) is -0.301. The van der Waals surface area contributed by atoms with Crippen molar-refractivity contribution >= 4 is 23.4 Å². The predicted octanol–water partition coefficient (Wildman–Crippen LogP) is 4.28. The van der Waals surface area contributed by atoms with Gasteiger partial charge < -0.3 is 19.9 Å². The molecule has 1 spiro atoms. The van der Waals surface area contributed by atoms with Gasteiger partial charge in [0.15, 0.2) is 0 Å². The number of H-pyrrole nitrogens is 1. The summed E-state index contributed by atoms with van der Waals surface area (Å²) in [6, 6.07) is 1.20. The topological polar surface area (TPSA) is 96.4 Å². The lowest BCUT2D eigenvalue weighted by Gasteiger charge is -2.39. The quantitative estimate of drug-likeness (QED) is 0.430. The number of nitrogens with zero attached hydrogens (tertiary/aromatic N) is 2. The Bertz CT molecular complexity index is 1270. The van der Waals surface area contributed by atoms with Crippen molar-refractivity contribution in [2.24, 2.45) is 5.41 Å². The molecular formula is C25H30F6N4O4. The van der Waals surface area contributed by atoms with Crippen LogP contribution in [0.25, 0.3) is 11.0 Å². The first-order valence-electron chi connectivity index (χ1n) is 12.7. The summed E-state index contributed by atoms with van der Waals surface area (Å²) in [6.07, 6.45) is -4.81. The van der Waals surface area contributed by atoms with E-state index in [1.165, 1.54) is 4.57 Å². The van der Waals surface area contributed by atoms with E-state index in [4.69, 9.17) is 4.74 Å². The zero-order valence-electron chi connectivity index (χ0n) is 21.4. The SMILES string of the molecule is CC(F)(F)F.CC1n2c(=O)[nH]c3cc(C(F)(F)F)cc(c32)CNC(=O)C12CCC(N(C=O)C1CCOCC1)C2. The number of aromatic nitrogens is 2. The van der Waals surface area contributed by atoms with E-state index in [2.05, 4.69) is 10.3 Å². The third-order valence-corrected chi connectivity index (χ3v) is 7.98. The van der Waals surface area contributed by atoms with Gasteiger partial charge in [-0.3, -0.25) is 14.2 Å². The maximum absolute atomic E-state index is 13.5. The number of rotatable bonds is 3. The molecule has 3 heterocycles. The first-order valence-corrected chi connectivity index (χ1v) is 12.7. The number of nitrogens with one attached hydrogen (secondary N) is 2. The second-order valence-corrected chi connectivity index (χ2v) is 10.4. The fourth-order valence-corrected chi connectivity index (χ4v) is 6.15. The van der Waals surface area contributed by atoms with Crippen LogP contribution in [0.3, 0.4) is 0 Å². The van der Waals surface area contributed by atoms with E-state index in [9.17, 15) is 40.7 Å². The molecular weight excluding hydrogens is 534 g/mol. The summed E-state index contributed by atoms with van der Waals surface area (Å²) in [4.78, 5) is 42.9. The lowest BCUT2D eigenvalue weighted by molar-refractivity contribution is -0.137. The molecule has 1 aliphatic carbocycles. The van der Waals surface area contributed by atoms with Gasteiger partial charge in [0.2, 0.25) is 12.3 Å². The lowest BCUT2D eigenvalue weighted by Crippen LogP contribution is -2.49. The Labute approximate surface area is 219 Å². The van der Waals surface area contributed by atoms with Gasteiger partial charge in [-0.2, -0.15) is 26.3 Å². The van der Waals surface area contributed by atoms with E-state index < -0.39 is 35.1 Å². The largest absolute Gasteiger partial charge is 0.416 e. The molecule has 0 bridgehead atoms. The normalized spacial score (nSPS) is 26.0. The van der Waals surface area contributed by atoms with Gasteiger partial charge >= 0.3 is 18.0 Å². The van der Waals surface area contributed by atoms with Crippen molar-refractivity contribution in [3.63, 3.8) is 0 Å². The number of carbonyl (C=O) groups excluding carboxylic acids is 2. The van der Waals surface area contributed by atoms with Crippen LogP contribution in [0.1, 0.15) is 63.1 Å². The number of aromatic amines is 1. The number of halogens is 6. The molecule has 3 aliphatic rings. The number of amides is 2. The maximum atomic E-state index is 13.5. The fourth-order valence-electron chi connectivity index (χ4n) is 6.15. The molecule has 14 heteroatoms. The Hall–Kier alpha value is -3.03. The van der Waals surface area contributed by atoms with E-state index in [1.807, 2.05) is 0 Å². The maximum Gasteiger partial charge on any atom is 0.416 e. The fraction of sp³-hybridized carbons (Fsp3) is 0.640. The van der Waals surface area contributed by atoms with Crippen LogP contribution < -0.4 is 11.0 Å². The Balaban J connectivity index is 0.000000648. The predicted molar refractivity (Wildman–Crippen MR) is 128 cm³/mol. The average Bonchev–Trinajstić information content (AvgIpc) is 3.43. The van der Waals surface area contributed by atoms with Crippen LogP contribution in [-0.4, -0.2) is 58.2 Å². The van der Waals surface area contributed by atoms with Crippen molar-refractivity contribution in [3.05, 3.63) is 33.7 Å². The Kier molecular flexibility index (Phi) is 7.80. The van der Waals surface area contributed by atoms with Crippen molar-refractivity contribution in [2.45, 2.75) is 83.0 Å². The van der Waals surface area contributed by atoms with Crippen LogP contribution in [0.15, 0.2) is 16.9 Å². The first kappa shape index (κ1) is 29.0. The zero-order chi connectivity index (χ0) is 28.8. The highest BCUT2D eigenvalue weighted by atomic mass is 19.4.